The minimum Gasteiger partial charge on any atom is -1.00 e. The molecule has 0 saturated heterocycles. The summed E-state index contributed by atoms with van der Waals surface area (Å²) in [6.07, 6.45) is 3.36. The first-order valence-corrected chi connectivity index (χ1v) is 12.8. The van der Waals surface area contributed by atoms with E-state index >= 15 is 0 Å². The Balaban J connectivity index is 0. The topological polar surface area (TPSA) is 40.9 Å². The number of rotatable bonds is 3. The molecule has 3 aromatic rings. The van der Waals surface area contributed by atoms with E-state index in [1.165, 1.54) is 27.1 Å². The van der Waals surface area contributed by atoms with Crippen LogP contribution in [0.4, 0.5) is 0 Å². The van der Waals surface area contributed by atoms with Crippen LogP contribution in [-0.4, -0.2) is 15.4 Å². The van der Waals surface area contributed by atoms with Gasteiger partial charge in [-0.05, 0) is 31.9 Å². The van der Waals surface area contributed by atoms with E-state index in [-0.39, 0.29) is 56.1 Å². The monoisotopic (exact) mass is 584 g/mol. The van der Waals surface area contributed by atoms with E-state index in [2.05, 4.69) is 94.4 Å². The van der Waals surface area contributed by atoms with E-state index in [1.54, 1.807) is 0 Å². The molecule has 1 N–H and O–H groups in total. The third-order valence-electron chi connectivity index (χ3n) is 6.07. The maximum atomic E-state index is 10.9. The Labute approximate surface area is 253 Å². The first-order valence-electron chi connectivity index (χ1n) is 11.7. The maximum absolute atomic E-state index is 10.9. The predicted octanol–water partition coefficient (Wildman–Crippen LogP) is 0.606. The Morgan fingerprint density at radius 2 is 1.19 bits per heavy atom. The number of nitrogens with one attached hydrogen (secondary N) is 1. The van der Waals surface area contributed by atoms with Gasteiger partial charge in [0.05, 0.1) is 5.91 Å². The second kappa shape index (κ2) is 18.4. The summed E-state index contributed by atoms with van der Waals surface area (Å²) in [5.41, 5.74) is 14.7. The largest absolute Gasteiger partial charge is 4.00 e. The quantitative estimate of drug-likeness (QED) is 0.328. The van der Waals surface area contributed by atoms with Crippen molar-refractivity contribution >= 4 is 25.8 Å². The Bertz CT molecular complexity index is 1120. The van der Waals surface area contributed by atoms with E-state index in [4.69, 9.17) is 5.73 Å². The Morgan fingerprint density at radius 1 is 0.784 bits per heavy atom. The molecular formula is C31H36Cl2NOSiTi. The predicted molar refractivity (Wildman–Crippen MR) is 149 cm³/mol. The molecule has 1 atom stereocenters. The molecule has 6 heteroatoms. The molecule has 0 fully saturated rings. The van der Waals surface area contributed by atoms with E-state index in [0.29, 0.717) is 11.5 Å². The number of halogens is 2. The summed E-state index contributed by atoms with van der Waals surface area (Å²) in [7, 11) is 0.271. The van der Waals surface area contributed by atoms with Crippen LogP contribution in [0.25, 0.3) is 5.73 Å². The number of carbonyl (C=O) groups is 1. The molecule has 37 heavy (non-hydrogen) atoms. The van der Waals surface area contributed by atoms with Gasteiger partial charge in [0.1, 0.15) is 9.52 Å². The van der Waals surface area contributed by atoms with Crippen molar-refractivity contribution in [3.63, 3.8) is 0 Å². The van der Waals surface area contributed by atoms with Gasteiger partial charge in [0.15, 0.2) is 0 Å². The minimum absolute atomic E-state index is 0. The van der Waals surface area contributed by atoms with Gasteiger partial charge in [-0.2, -0.15) is 11.1 Å². The van der Waals surface area contributed by atoms with Crippen LogP contribution in [0.2, 0.25) is 0 Å². The van der Waals surface area contributed by atoms with Crippen LogP contribution in [0.15, 0.2) is 89.5 Å². The van der Waals surface area contributed by atoms with Gasteiger partial charge in [0.25, 0.3) is 0 Å². The van der Waals surface area contributed by atoms with Crippen molar-refractivity contribution in [3.05, 3.63) is 124 Å². The van der Waals surface area contributed by atoms with Gasteiger partial charge < -0.3 is 35.3 Å². The fourth-order valence-corrected chi connectivity index (χ4v) is 5.21. The Morgan fingerprint density at radius 3 is 1.46 bits per heavy atom. The molecule has 1 unspecified atom stereocenters. The number of hydrogen-bond donors (Lipinski definition) is 0. The zero-order valence-corrected chi connectivity index (χ0v) is 27.0. The molecule has 1 amide bonds. The summed E-state index contributed by atoms with van der Waals surface area (Å²) >= 11 is 0. The van der Waals surface area contributed by atoms with Crippen LogP contribution in [0, 0.1) is 32.8 Å². The molecule has 0 spiro atoms. The van der Waals surface area contributed by atoms with Crippen molar-refractivity contribution in [3.8, 4) is 0 Å². The molecule has 0 aromatic heterocycles. The smallest absolute Gasteiger partial charge is 1.00 e. The molecule has 1 aliphatic rings. The van der Waals surface area contributed by atoms with Crippen LogP contribution >= 0.6 is 0 Å². The van der Waals surface area contributed by atoms with Crippen LogP contribution in [0.1, 0.15) is 54.7 Å². The second-order valence-corrected chi connectivity index (χ2v) is 10.5. The van der Waals surface area contributed by atoms with Crippen LogP contribution in [0.5, 0.6) is 0 Å². The fourth-order valence-electron chi connectivity index (χ4n) is 3.99. The molecule has 3 aromatic carbocycles. The summed E-state index contributed by atoms with van der Waals surface area (Å²) < 4.78 is 0. The van der Waals surface area contributed by atoms with Crippen LogP contribution < -0.4 is 35.2 Å². The summed E-state index contributed by atoms with van der Waals surface area (Å²) in [5.74, 6) is -0.0324. The average molecular weight is 585 g/mol. The van der Waals surface area contributed by atoms with Gasteiger partial charge in [0.2, 0.25) is 0 Å². The molecule has 1 aliphatic carbocycles. The Hall–Kier alpha value is -1.88. The van der Waals surface area contributed by atoms with E-state index in [0.717, 1.165) is 16.7 Å². The third kappa shape index (κ3) is 12.0. The molecular weight excluding hydrogens is 549 g/mol. The molecule has 193 valence electrons. The third-order valence-corrected chi connectivity index (χ3v) is 7.51. The summed E-state index contributed by atoms with van der Waals surface area (Å²) in [4.78, 5) is 10.9. The number of amides is 1. The fraction of sp³-hybridized carbons (Fsp3) is 0.258. The second-order valence-electron chi connectivity index (χ2n) is 8.87. The zero-order chi connectivity index (χ0) is 25.3. The average Bonchev–Trinajstić information content (AvgIpc) is 3.00. The number of hydrogen-bond acceptors (Lipinski definition) is 1. The standard InChI is InChI=1S/C12H11Si.C10H13NO.C9H13.2ClH.Ti/c1-3-7-11(8-4-1)13-12-9-5-2-6-10-12;1-6-4-7(2)9(10(11)12)8(3)5-6;1-6-5-7(2)9(4)8(6)3;;;/h1-10,13H;4-5H,1-3H3,(H2,11,12);6H,1-4H3;2*1H;/q;;-1;;;+4/p-3. The van der Waals surface area contributed by atoms with Gasteiger partial charge >= 0.3 is 21.7 Å². The minimum atomic E-state index is -0.593. The van der Waals surface area contributed by atoms with Crippen LogP contribution in [0.3, 0.4) is 0 Å². The van der Waals surface area contributed by atoms with Crippen molar-refractivity contribution in [1.29, 1.82) is 0 Å². The maximum Gasteiger partial charge on any atom is 4.00 e. The van der Waals surface area contributed by atoms with Gasteiger partial charge in [0, 0.05) is 5.56 Å². The molecule has 0 bridgehead atoms. The number of carbonyl (C=O) groups excluding carboxylic acids is 1. The molecule has 1 radical (unpaired) electrons. The molecule has 2 nitrogen and oxygen atoms in total. The Kier molecular flexibility index (Phi) is 18.5. The molecule has 0 aliphatic heterocycles. The van der Waals surface area contributed by atoms with Gasteiger partial charge in [-0.1, -0.05) is 115 Å². The number of aryl methyl sites for hydroxylation is 3. The van der Waals surface area contributed by atoms with E-state index in [1.807, 2.05) is 32.9 Å². The van der Waals surface area contributed by atoms with Gasteiger partial charge in [-0.15, -0.1) is 6.92 Å². The first kappa shape index (κ1) is 37.3. The van der Waals surface area contributed by atoms with Crippen molar-refractivity contribution < 1.29 is 51.3 Å². The molecule has 0 heterocycles. The normalized spacial score (nSPS) is 13.3. The van der Waals surface area contributed by atoms with Crippen molar-refractivity contribution in [2.45, 2.75) is 48.5 Å². The molecule has 0 saturated carbocycles. The van der Waals surface area contributed by atoms with Crippen LogP contribution in [-0.2, 0) is 21.7 Å². The number of benzene rings is 3. The van der Waals surface area contributed by atoms with E-state index in [9.17, 15) is 4.79 Å². The van der Waals surface area contributed by atoms with Crippen molar-refractivity contribution in [2.75, 3.05) is 0 Å². The summed E-state index contributed by atoms with van der Waals surface area (Å²) in [6.45, 7) is 14.4. The van der Waals surface area contributed by atoms with Crippen molar-refractivity contribution in [2.24, 2.45) is 5.92 Å². The zero-order valence-electron chi connectivity index (χ0n) is 22.7. The van der Waals surface area contributed by atoms with Gasteiger partial charge in [-0.3, -0.25) is 6.08 Å². The summed E-state index contributed by atoms with van der Waals surface area (Å²) in [6, 6.07) is 25.2. The van der Waals surface area contributed by atoms with E-state index < -0.39 is 5.91 Å². The molecule has 4 rings (SSSR count). The first-order chi connectivity index (χ1) is 16.1. The SMILES string of the molecule is CC1=[C-]C(C)C(C)=C1C.Cc1cc(C)c(C([NH-])=O)c(C)c1.[Cl-].[Cl-].[Ti+4].c1ccc([SiH]c2ccccc2)cc1. The van der Waals surface area contributed by atoms with Crippen molar-refractivity contribution in [1.82, 2.24) is 0 Å². The summed E-state index contributed by atoms with van der Waals surface area (Å²) in [5, 5.41) is 2.90. The van der Waals surface area contributed by atoms with Gasteiger partial charge in [-0.25, -0.2) is 5.57 Å². The number of allylic oxidation sites excluding steroid dienone is 4.